The summed E-state index contributed by atoms with van der Waals surface area (Å²) < 4.78 is 26.8. The van der Waals surface area contributed by atoms with E-state index in [4.69, 9.17) is 5.73 Å². The number of hydrogen-bond acceptors (Lipinski definition) is 4. The Morgan fingerprint density at radius 2 is 2.05 bits per heavy atom. The average molecular weight is 283 g/mol. The van der Waals surface area contributed by atoms with Crippen molar-refractivity contribution in [3.63, 3.8) is 0 Å². The van der Waals surface area contributed by atoms with E-state index >= 15 is 0 Å². The summed E-state index contributed by atoms with van der Waals surface area (Å²) in [5.41, 5.74) is 4.13. The molecular weight excluding hydrogens is 272 g/mol. The van der Waals surface area contributed by atoms with Crippen LogP contribution < -0.4 is 16.4 Å². The minimum absolute atomic E-state index is 0.0600. The van der Waals surface area contributed by atoms with Gasteiger partial charge in [-0.25, -0.2) is 8.78 Å². The lowest BCUT2D eigenvalue weighted by molar-refractivity contribution is -0.134. The lowest BCUT2D eigenvalue weighted by Gasteiger charge is -2.22. The molecule has 3 amide bonds. The summed E-state index contributed by atoms with van der Waals surface area (Å²) in [5.74, 6) is -4.02. The monoisotopic (exact) mass is 283 g/mol. The largest absolute Gasteiger partial charge is 0.396 e. The Hall–Kier alpha value is -2.51. The Bertz CT molecular complexity index is 604. The van der Waals surface area contributed by atoms with Crippen molar-refractivity contribution in [2.24, 2.45) is 0 Å². The molecule has 4 N–H and O–H groups in total. The minimum Gasteiger partial charge on any atom is -0.396 e. The van der Waals surface area contributed by atoms with E-state index in [2.05, 4.69) is 5.32 Å². The summed E-state index contributed by atoms with van der Waals surface area (Å²) in [6, 6.07) is 0.467. The first-order chi connectivity index (χ1) is 9.38. The lowest BCUT2D eigenvalue weighted by atomic mass is 10.1. The van der Waals surface area contributed by atoms with Crippen molar-refractivity contribution < 1.29 is 23.2 Å². The summed E-state index contributed by atoms with van der Waals surface area (Å²) in [7, 11) is 0. The number of rotatable bonds is 2. The fourth-order valence-electron chi connectivity index (χ4n) is 1.84. The Balaban J connectivity index is 2.17. The predicted molar refractivity (Wildman–Crippen MR) is 64.4 cm³/mol. The number of nitrogens with one attached hydrogen (secondary N) is 2. The van der Waals surface area contributed by atoms with E-state index in [1.165, 1.54) is 0 Å². The Morgan fingerprint density at radius 3 is 2.70 bits per heavy atom. The van der Waals surface area contributed by atoms with Crippen LogP contribution in [0, 0.1) is 11.6 Å². The molecule has 1 aliphatic heterocycles. The van der Waals surface area contributed by atoms with Gasteiger partial charge in [0.25, 0.3) is 5.91 Å². The highest BCUT2D eigenvalue weighted by atomic mass is 19.1. The summed E-state index contributed by atoms with van der Waals surface area (Å²) in [6.07, 6.45) is 0.160. The molecule has 1 aromatic rings. The summed E-state index contributed by atoms with van der Waals surface area (Å²) in [6.45, 7) is 0. The van der Waals surface area contributed by atoms with E-state index in [9.17, 15) is 23.2 Å². The highest BCUT2D eigenvalue weighted by molar-refractivity contribution is 6.04. The fraction of sp³-hybridized carbons (Fsp3) is 0.250. The van der Waals surface area contributed by atoms with E-state index < -0.39 is 46.6 Å². The quantitative estimate of drug-likeness (QED) is 0.528. The molecule has 1 aromatic carbocycles. The van der Waals surface area contributed by atoms with Crippen LogP contribution >= 0.6 is 0 Å². The number of piperidine rings is 1. The maximum atomic E-state index is 13.6. The Morgan fingerprint density at radius 1 is 1.35 bits per heavy atom. The number of benzene rings is 1. The van der Waals surface area contributed by atoms with E-state index in [0.717, 1.165) is 6.07 Å². The molecule has 0 aliphatic carbocycles. The van der Waals surface area contributed by atoms with Crippen LogP contribution in [0.4, 0.5) is 14.5 Å². The minimum atomic E-state index is -1.06. The Kier molecular flexibility index (Phi) is 3.64. The van der Waals surface area contributed by atoms with E-state index in [1.807, 2.05) is 5.32 Å². The second-order valence-corrected chi connectivity index (χ2v) is 4.33. The third-order valence-corrected chi connectivity index (χ3v) is 2.85. The maximum absolute atomic E-state index is 13.6. The number of halogens is 2. The lowest BCUT2D eigenvalue weighted by Crippen LogP contribution is -2.52. The third-order valence-electron chi connectivity index (χ3n) is 2.85. The van der Waals surface area contributed by atoms with Gasteiger partial charge in [-0.1, -0.05) is 0 Å². The van der Waals surface area contributed by atoms with Gasteiger partial charge in [-0.15, -0.1) is 0 Å². The molecule has 1 atom stereocenters. The second-order valence-electron chi connectivity index (χ2n) is 4.33. The number of carbonyl (C=O) groups excluding carboxylic acids is 3. The average Bonchev–Trinajstić information content (AvgIpc) is 2.37. The van der Waals surface area contributed by atoms with Crippen LogP contribution in [0.2, 0.25) is 0 Å². The van der Waals surface area contributed by atoms with Gasteiger partial charge < -0.3 is 11.1 Å². The van der Waals surface area contributed by atoms with Crippen molar-refractivity contribution in [1.82, 2.24) is 10.6 Å². The summed E-state index contributed by atoms with van der Waals surface area (Å²) in [5, 5.41) is 4.27. The molecule has 1 unspecified atom stereocenters. The number of hydrogen-bond donors (Lipinski definition) is 3. The van der Waals surface area contributed by atoms with Crippen molar-refractivity contribution in [2.75, 3.05) is 5.73 Å². The number of nitrogens with two attached hydrogens (primary N) is 1. The molecule has 1 heterocycles. The molecule has 1 fully saturated rings. The number of carbonyl (C=O) groups is 3. The molecule has 0 bridgehead atoms. The second kappa shape index (κ2) is 5.24. The highest BCUT2D eigenvalue weighted by Gasteiger charge is 2.29. The van der Waals surface area contributed by atoms with Crippen molar-refractivity contribution in [3.05, 3.63) is 29.3 Å². The molecule has 20 heavy (non-hydrogen) atoms. The predicted octanol–water partition coefficient (Wildman–Crippen LogP) is 0.0820. The SMILES string of the molecule is Nc1cc(F)cc(C(=O)NC2CCC(=O)NC2=O)c1F. The molecule has 0 saturated carbocycles. The van der Waals surface area contributed by atoms with Crippen LogP contribution in [0.25, 0.3) is 0 Å². The first kappa shape index (κ1) is 13.9. The van der Waals surface area contributed by atoms with Crippen LogP contribution in [0.5, 0.6) is 0 Å². The van der Waals surface area contributed by atoms with Crippen molar-refractivity contribution in [3.8, 4) is 0 Å². The van der Waals surface area contributed by atoms with Crippen LogP contribution in [0.1, 0.15) is 23.2 Å². The van der Waals surface area contributed by atoms with Crippen LogP contribution in [0.3, 0.4) is 0 Å². The van der Waals surface area contributed by atoms with Gasteiger partial charge in [-0.05, 0) is 18.6 Å². The third kappa shape index (κ3) is 2.73. The van der Waals surface area contributed by atoms with Crippen molar-refractivity contribution in [1.29, 1.82) is 0 Å². The molecule has 1 saturated heterocycles. The topological polar surface area (TPSA) is 101 Å². The van der Waals surface area contributed by atoms with Gasteiger partial charge in [-0.3, -0.25) is 19.7 Å². The fourth-order valence-corrected chi connectivity index (χ4v) is 1.84. The normalized spacial score (nSPS) is 18.6. The van der Waals surface area contributed by atoms with Gasteiger partial charge in [0.2, 0.25) is 11.8 Å². The Labute approximate surface area is 112 Å². The first-order valence-corrected chi connectivity index (χ1v) is 5.77. The van der Waals surface area contributed by atoms with Crippen molar-refractivity contribution >= 4 is 23.4 Å². The maximum Gasteiger partial charge on any atom is 0.255 e. The van der Waals surface area contributed by atoms with Gasteiger partial charge >= 0.3 is 0 Å². The van der Waals surface area contributed by atoms with E-state index in [0.29, 0.717) is 6.07 Å². The molecule has 0 radical (unpaired) electrons. The van der Waals surface area contributed by atoms with Gasteiger partial charge in [0, 0.05) is 6.42 Å². The molecule has 1 aliphatic rings. The summed E-state index contributed by atoms with van der Waals surface area (Å²) in [4.78, 5) is 34.2. The standard InChI is InChI=1S/C12H11F2N3O3/c13-5-3-6(10(14)7(15)4-5)11(19)16-8-1-2-9(18)17-12(8)20/h3-4,8H,1-2,15H2,(H,16,19)(H,17,18,20). The van der Waals surface area contributed by atoms with Crippen LogP contribution in [-0.4, -0.2) is 23.8 Å². The van der Waals surface area contributed by atoms with E-state index in [-0.39, 0.29) is 12.8 Å². The summed E-state index contributed by atoms with van der Waals surface area (Å²) >= 11 is 0. The van der Waals surface area contributed by atoms with Gasteiger partial charge in [0.1, 0.15) is 11.9 Å². The van der Waals surface area contributed by atoms with E-state index in [1.54, 1.807) is 0 Å². The molecule has 8 heteroatoms. The molecule has 6 nitrogen and oxygen atoms in total. The highest BCUT2D eigenvalue weighted by Crippen LogP contribution is 2.18. The molecule has 2 rings (SSSR count). The van der Waals surface area contributed by atoms with Crippen molar-refractivity contribution in [2.45, 2.75) is 18.9 Å². The molecule has 0 aromatic heterocycles. The first-order valence-electron chi connectivity index (χ1n) is 5.77. The molecule has 0 spiro atoms. The van der Waals surface area contributed by atoms with Crippen LogP contribution in [0.15, 0.2) is 12.1 Å². The number of imide groups is 1. The molecular formula is C12H11F2N3O3. The zero-order valence-electron chi connectivity index (χ0n) is 10.2. The van der Waals surface area contributed by atoms with Crippen LogP contribution in [-0.2, 0) is 9.59 Å². The number of nitrogen functional groups attached to an aromatic ring is 1. The number of amides is 3. The number of anilines is 1. The smallest absolute Gasteiger partial charge is 0.255 e. The molecule has 106 valence electrons. The zero-order valence-corrected chi connectivity index (χ0v) is 10.2. The van der Waals surface area contributed by atoms with Gasteiger partial charge in [0.15, 0.2) is 5.82 Å². The van der Waals surface area contributed by atoms with Gasteiger partial charge in [0.05, 0.1) is 11.3 Å². The van der Waals surface area contributed by atoms with Gasteiger partial charge in [-0.2, -0.15) is 0 Å². The zero-order chi connectivity index (χ0) is 14.9.